The van der Waals surface area contributed by atoms with Crippen LogP contribution in [0.4, 0.5) is 5.69 Å². The maximum atomic E-state index is 4.78. The molecule has 0 N–H and O–H groups in total. The van der Waals surface area contributed by atoms with Crippen LogP contribution in [-0.2, 0) is 6.42 Å². The van der Waals surface area contributed by atoms with Crippen LogP contribution in [-0.4, -0.2) is 39.8 Å². The lowest BCUT2D eigenvalue weighted by Crippen LogP contribution is -2.14. The maximum Gasteiger partial charge on any atom is 0.111 e. The molecule has 0 saturated heterocycles. The zero-order chi connectivity index (χ0) is 19.4. The molecule has 0 fully saturated rings. The van der Waals surface area contributed by atoms with Gasteiger partial charge in [-0.15, -0.1) is 36.2 Å². The second-order valence-electron chi connectivity index (χ2n) is 6.68. The van der Waals surface area contributed by atoms with E-state index in [1.165, 1.54) is 16.7 Å². The summed E-state index contributed by atoms with van der Waals surface area (Å²) in [6, 6.07) is 4.38. The topological polar surface area (TPSA) is 54.3 Å². The second-order valence-corrected chi connectivity index (χ2v) is 7.62. The first kappa shape index (κ1) is 25.0. The fourth-order valence-corrected chi connectivity index (χ4v) is 3.56. The highest BCUT2D eigenvalue weighted by Crippen LogP contribution is 2.27. The van der Waals surface area contributed by atoms with Gasteiger partial charge in [0, 0.05) is 37.8 Å². The number of rotatable bonds is 6. The summed E-state index contributed by atoms with van der Waals surface area (Å²) in [4.78, 5) is 20.2. The zero-order valence-corrected chi connectivity index (χ0v) is 19.8. The highest BCUT2D eigenvalue weighted by atomic mass is 35.5. The first-order valence-electron chi connectivity index (χ1n) is 9.05. The Morgan fingerprint density at radius 3 is 2.48 bits per heavy atom. The first-order valence-corrected chi connectivity index (χ1v) is 9.92. The molecule has 0 aliphatic heterocycles. The molecule has 0 radical (unpaired) electrons. The molecule has 3 aromatic rings. The molecule has 29 heavy (non-hydrogen) atoms. The van der Waals surface area contributed by atoms with Crippen LogP contribution in [0.3, 0.4) is 0 Å². The van der Waals surface area contributed by atoms with Crippen molar-refractivity contribution in [3.63, 3.8) is 0 Å². The van der Waals surface area contributed by atoms with Crippen LogP contribution in [0.1, 0.15) is 34.3 Å². The van der Waals surface area contributed by atoms with Gasteiger partial charge in [0.15, 0.2) is 0 Å². The largest absolute Gasteiger partial charge is 0.366 e. The Labute approximate surface area is 189 Å². The van der Waals surface area contributed by atoms with Crippen LogP contribution in [0, 0.1) is 20.8 Å². The smallest absolute Gasteiger partial charge is 0.111 e. The molecule has 5 nitrogen and oxygen atoms in total. The normalized spacial score (nSPS) is 10.5. The number of thiazole rings is 1. The second kappa shape index (κ2) is 11.2. The van der Waals surface area contributed by atoms with Crippen molar-refractivity contribution in [1.29, 1.82) is 0 Å². The van der Waals surface area contributed by atoms with E-state index in [0.717, 1.165) is 40.7 Å². The van der Waals surface area contributed by atoms with E-state index >= 15 is 0 Å². The first-order chi connectivity index (χ1) is 13.0. The summed E-state index contributed by atoms with van der Waals surface area (Å²) in [6.45, 7) is 9.26. The molecule has 0 amide bonds. The molecule has 156 valence electrons. The van der Waals surface area contributed by atoms with Gasteiger partial charge in [-0.3, -0.25) is 9.97 Å². The number of halogens is 2. The minimum Gasteiger partial charge on any atom is -0.366 e. The predicted molar refractivity (Wildman–Crippen MR) is 128 cm³/mol. The third kappa shape index (κ3) is 6.23. The lowest BCUT2D eigenvalue weighted by molar-refractivity contribution is 0.552. The van der Waals surface area contributed by atoms with Crippen molar-refractivity contribution in [2.24, 2.45) is 4.99 Å². The molecule has 0 bridgehead atoms. The average molecular weight is 452 g/mol. The van der Waals surface area contributed by atoms with Crippen LogP contribution >= 0.6 is 36.2 Å². The molecule has 2 aromatic heterocycles. The molecule has 2 heterocycles. The molecule has 3 rings (SSSR count). The van der Waals surface area contributed by atoms with Crippen LogP contribution in [0.25, 0.3) is 11.4 Å². The van der Waals surface area contributed by atoms with Gasteiger partial charge < -0.3 is 4.90 Å². The summed E-state index contributed by atoms with van der Waals surface area (Å²) in [5, 5.41) is 3.15. The Balaban J connectivity index is 0.00000210. The summed E-state index contributed by atoms with van der Waals surface area (Å²) in [6.07, 6.45) is 6.12. The quantitative estimate of drug-likeness (QED) is 0.362. The van der Waals surface area contributed by atoms with E-state index in [9.17, 15) is 0 Å². The van der Waals surface area contributed by atoms with Crippen molar-refractivity contribution in [3.8, 4) is 11.4 Å². The predicted octanol–water partition coefficient (Wildman–Crippen LogP) is 5.57. The minimum absolute atomic E-state index is 0. The van der Waals surface area contributed by atoms with Gasteiger partial charge >= 0.3 is 0 Å². The van der Waals surface area contributed by atoms with E-state index in [1.54, 1.807) is 23.7 Å². The summed E-state index contributed by atoms with van der Waals surface area (Å²) in [5.74, 6) is 0. The highest BCUT2D eigenvalue weighted by molar-refractivity contribution is 7.10. The Morgan fingerprint density at radius 2 is 1.79 bits per heavy atom. The van der Waals surface area contributed by atoms with E-state index in [1.807, 2.05) is 20.3 Å². The van der Waals surface area contributed by atoms with Crippen LogP contribution in [0.15, 0.2) is 34.9 Å². The van der Waals surface area contributed by atoms with E-state index in [4.69, 9.17) is 4.98 Å². The van der Waals surface area contributed by atoms with Gasteiger partial charge in [-0.05, 0) is 50.5 Å². The summed E-state index contributed by atoms with van der Waals surface area (Å²) >= 11 is 1.67. The lowest BCUT2D eigenvalue weighted by atomic mass is 10.0. The van der Waals surface area contributed by atoms with E-state index in [-0.39, 0.29) is 24.8 Å². The van der Waals surface area contributed by atoms with Crippen molar-refractivity contribution < 1.29 is 0 Å². The fraction of sp³-hybridized carbons (Fsp3) is 0.333. The minimum atomic E-state index is 0. The number of aromatic nitrogens is 3. The van der Waals surface area contributed by atoms with Gasteiger partial charge in [0.25, 0.3) is 0 Å². The molecular weight excluding hydrogens is 425 g/mol. The summed E-state index contributed by atoms with van der Waals surface area (Å²) in [7, 11) is 2.03. The molecule has 0 spiro atoms. The number of benzene rings is 1. The molecule has 0 unspecified atom stereocenters. The van der Waals surface area contributed by atoms with Gasteiger partial charge in [-0.2, -0.15) is 0 Å². The number of aliphatic imine (C=N–C) groups is 1. The van der Waals surface area contributed by atoms with Crippen molar-refractivity contribution in [2.45, 2.75) is 34.1 Å². The monoisotopic (exact) mass is 451 g/mol. The molecule has 0 saturated carbocycles. The molecule has 8 heteroatoms. The summed E-state index contributed by atoms with van der Waals surface area (Å²) in [5.41, 5.74) is 7.38. The summed E-state index contributed by atoms with van der Waals surface area (Å²) < 4.78 is 0. The number of hydrogen-bond acceptors (Lipinski definition) is 5. The van der Waals surface area contributed by atoms with Gasteiger partial charge in [0.05, 0.1) is 22.7 Å². The van der Waals surface area contributed by atoms with Gasteiger partial charge in [-0.1, -0.05) is 6.07 Å². The fourth-order valence-electron chi connectivity index (χ4n) is 2.76. The molecule has 0 aliphatic rings. The van der Waals surface area contributed by atoms with Crippen molar-refractivity contribution in [2.75, 3.05) is 13.6 Å². The SMILES string of the molecule is CCN(C)C=Nc1cc(C)c(Cc2nc(-c3nccnc3C)cs2)cc1C.Cl.Cl. The van der Waals surface area contributed by atoms with Gasteiger partial charge in [-0.25, -0.2) is 9.98 Å². The Hall–Kier alpha value is -2.02. The van der Waals surface area contributed by atoms with Crippen molar-refractivity contribution >= 4 is 48.2 Å². The lowest BCUT2D eigenvalue weighted by Gasteiger charge is -2.11. The van der Waals surface area contributed by atoms with E-state index in [0.29, 0.717) is 0 Å². The van der Waals surface area contributed by atoms with Gasteiger partial charge in [0.2, 0.25) is 0 Å². The Morgan fingerprint density at radius 1 is 1.07 bits per heavy atom. The number of nitrogens with zero attached hydrogens (tertiary/aromatic N) is 5. The molecule has 0 atom stereocenters. The van der Waals surface area contributed by atoms with E-state index in [2.05, 4.69) is 58.1 Å². The van der Waals surface area contributed by atoms with Crippen LogP contribution < -0.4 is 0 Å². The third-order valence-electron chi connectivity index (χ3n) is 4.56. The van der Waals surface area contributed by atoms with Crippen molar-refractivity contribution in [1.82, 2.24) is 19.9 Å². The van der Waals surface area contributed by atoms with Crippen LogP contribution in [0.5, 0.6) is 0 Å². The zero-order valence-electron chi connectivity index (χ0n) is 17.3. The third-order valence-corrected chi connectivity index (χ3v) is 5.41. The van der Waals surface area contributed by atoms with Crippen LogP contribution in [0.2, 0.25) is 0 Å². The molecule has 1 aromatic carbocycles. The molecule has 0 aliphatic carbocycles. The van der Waals surface area contributed by atoms with Gasteiger partial charge in [0.1, 0.15) is 11.4 Å². The van der Waals surface area contributed by atoms with E-state index < -0.39 is 0 Å². The maximum absolute atomic E-state index is 4.78. The standard InChI is InChI=1S/C21H25N5S.2ClH/c1-6-26(5)13-24-18-10-14(2)17(9-15(18)3)11-20-25-19(12-27-20)21-16(4)22-7-8-23-21;;/h7-10,12-13H,6,11H2,1-5H3;2*1H. The Kier molecular flexibility index (Phi) is 9.70. The Bertz CT molecular complexity index is 971. The highest BCUT2D eigenvalue weighted by Gasteiger charge is 2.11. The number of aryl methyl sites for hydroxylation is 3. The molecular formula is C21H27Cl2N5S. The average Bonchev–Trinajstić information content (AvgIpc) is 3.11. The van der Waals surface area contributed by atoms with Crippen molar-refractivity contribution in [3.05, 3.63) is 57.3 Å². The number of hydrogen-bond donors (Lipinski definition) is 0.